The Morgan fingerprint density at radius 1 is 1.53 bits per heavy atom. The standard InChI is InChI=1S/C12H14FNO/c1-3-15-12(2,9-14)8-10-5-4-6-11(13)7-10/h4-7H,3,8H2,1-2H3. The van der Waals surface area contributed by atoms with Crippen molar-refractivity contribution in [1.29, 1.82) is 5.26 Å². The Labute approximate surface area is 89.3 Å². The van der Waals surface area contributed by atoms with E-state index >= 15 is 0 Å². The number of ether oxygens (including phenoxy) is 1. The lowest BCUT2D eigenvalue weighted by Gasteiger charge is -2.21. The van der Waals surface area contributed by atoms with Gasteiger partial charge in [-0.05, 0) is 31.5 Å². The summed E-state index contributed by atoms with van der Waals surface area (Å²) >= 11 is 0. The van der Waals surface area contributed by atoms with Gasteiger partial charge in [0.25, 0.3) is 0 Å². The predicted octanol–water partition coefficient (Wildman–Crippen LogP) is 2.69. The molecule has 1 aromatic carbocycles. The van der Waals surface area contributed by atoms with Crippen LogP contribution >= 0.6 is 0 Å². The minimum atomic E-state index is -0.872. The van der Waals surface area contributed by atoms with Gasteiger partial charge >= 0.3 is 0 Å². The van der Waals surface area contributed by atoms with Crippen LogP contribution in [0.25, 0.3) is 0 Å². The SMILES string of the molecule is CCOC(C)(C#N)Cc1cccc(F)c1. The number of halogens is 1. The van der Waals surface area contributed by atoms with E-state index < -0.39 is 5.60 Å². The number of rotatable bonds is 4. The first-order chi connectivity index (χ1) is 7.09. The van der Waals surface area contributed by atoms with Crippen molar-refractivity contribution in [2.24, 2.45) is 0 Å². The summed E-state index contributed by atoms with van der Waals surface area (Å²) in [7, 11) is 0. The van der Waals surface area contributed by atoms with Gasteiger partial charge in [0.2, 0.25) is 0 Å². The molecule has 1 rings (SSSR count). The second kappa shape index (κ2) is 4.90. The summed E-state index contributed by atoms with van der Waals surface area (Å²) in [4.78, 5) is 0. The second-order valence-corrected chi connectivity index (χ2v) is 3.58. The van der Waals surface area contributed by atoms with Crippen LogP contribution in [0.1, 0.15) is 19.4 Å². The molecule has 0 aliphatic heterocycles. The summed E-state index contributed by atoms with van der Waals surface area (Å²) in [6.07, 6.45) is 0.398. The molecule has 0 heterocycles. The van der Waals surface area contributed by atoms with Crippen LogP contribution in [0.5, 0.6) is 0 Å². The van der Waals surface area contributed by atoms with Crippen molar-refractivity contribution >= 4 is 0 Å². The molecule has 0 aliphatic rings. The van der Waals surface area contributed by atoms with Crippen LogP contribution in [0.3, 0.4) is 0 Å². The normalized spacial score (nSPS) is 14.3. The second-order valence-electron chi connectivity index (χ2n) is 3.58. The van der Waals surface area contributed by atoms with Crippen LogP contribution in [0.2, 0.25) is 0 Å². The van der Waals surface area contributed by atoms with E-state index in [0.29, 0.717) is 13.0 Å². The third-order valence-corrected chi connectivity index (χ3v) is 2.13. The van der Waals surface area contributed by atoms with Gasteiger partial charge < -0.3 is 4.74 Å². The summed E-state index contributed by atoms with van der Waals surface area (Å²) < 4.78 is 18.2. The molecule has 0 amide bonds. The fourth-order valence-corrected chi connectivity index (χ4v) is 1.48. The number of hydrogen-bond acceptors (Lipinski definition) is 2. The van der Waals surface area contributed by atoms with E-state index in [1.165, 1.54) is 12.1 Å². The highest BCUT2D eigenvalue weighted by molar-refractivity contribution is 5.20. The average molecular weight is 207 g/mol. The number of hydrogen-bond donors (Lipinski definition) is 0. The highest BCUT2D eigenvalue weighted by Gasteiger charge is 2.24. The maximum Gasteiger partial charge on any atom is 0.155 e. The molecule has 1 unspecified atom stereocenters. The van der Waals surface area contributed by atoms with Gasteiger partial charge in [-0.3, -0.25) is 0 Å². The Kier molecular flexibility index (Phi) is 3.81. The van der Waals surface area contributed by atoms with Crippen LogP contribution in [0, 0.1) is 17.1 Å². The van der Waals surface area contributed by atoms with Crippen molar-refractivity contribution in [2.45, 2.75) is 25.9 Å². The van der Waals surface area contributed by atoms with E-state index in [1.807, 2.05) is 6.92 Å². The van der Waals surface area contributed by atoms with Crippen molar-refractivity contribution in [2.75, 3.05) is 6.61 Å². The van der Waals surface area contributed by atoms with Gasteiger partial charge in [-0.2, -0.15) is 5.26 Å². The Morgan fingerprint density at radius 2 is 2.27 bits per heavy atom. The van der Waals surface area contributed by atoms with Crippen molar-refractivity contribution in [3.63, 3.8) is 0 Å². The van der Waals surface area contributed by atoms with Crippen LogP contribution < -0.4 is 0 Å². The smallest absolute Gasteiger partial charge is 0.155 e. The van der Waals surface area contributed by atoms with Gasteiger partial charge in [0.15, 0.2) is 5.60 Å². The molecule has 1 aromatic rings. The van der Waals surface area contributed by atoms with Gasteiger partial charge in [-0.25, -0.2) is 4.39 Å². The molecular weight excluding hydrogens is 193 g/mol. The molecule has 3 heteroatoms. The lowest BCUT2D eigenvalue weighted by Crippen LogP contribution is -2.29. The quantitative estimate of drug-likeness (QED) is 0.760. The lowest BCUT2D eigenvalue weighted by atomic mass is 9.98. The lowest BCUT2D eigenvalue weighted by molar-refractivity contribution is 0.0202. The van der Waals surface area contributed by atoms with Crippen molar-refractivity contribution in [3.05, 3.63) is 35.6 Å². The van der Waals surface area contributed by atoms with Crippen LogP contribution in [0.15, 0.2) is 24.3 Å². The van der Waals surface area contributed by atoms with Crippen LogP contribution in [-0.2, 0) is 11.2 Å². The molecule has 0 fully saturated rings. The molecular formula is C12H14FNO. The first-order valence-electron chi connectivity index (χ1n) is 4.89. The molecule has 1 atom stereocenters. The Bertz CT molecular complexity index is 372. The molecule has 0 N–H and O–H groups in total. The zero-order valence-corrected chi connectivity index (χ0v) is 8.96. The minimum Gasteiger partial charge on any atom is -0.360 e. The molecule has 0 bridgehead atoms. The number of nitrogens with zero attached hydrogens (tertiary/aromatic N) is 1. The zero-order chi connectivity index (χ0) is 11.3. The molecule has 0 aliphatic carbocycles. The maximum absolute atomic E-state index is 12.9. The van der Waals surface area contributed by atoms with Crippen LogP contribution in [0.4, 0.5) is 4.39 Å². The van der Waals surface area contributed by atoms with Gasteiger partial charge in [0.05, 0.1) is 6.07 Å². The monoisotopic (exact) mass is 207 g/mol. The highest BCUT2D eigenvalue weighted by Crippen LogP contribution is 2.17. The van der Waals surface area contributed by atoms with Crippen molar-refractivity contribution in [3.8, 4) is 6.07 Å². The summed E-state index contributed by atoms with van der Waals surface area (Å²) in [6.45, 7) is 4.02. The summed E-state index contributed by atoms with van der Waals surface area (Å²) in [5.41, 5.74) is -0.102. The van der Waals surface area contributed by atoms with Crippen molar-refractivity contribution < 1.29 is 9.13 Å². The number of nitriles is 1. The van der Waals surface area contributed by atoms with E-state index in [4.69, 9.17) is 10.00 Å². The van der Waals surface area contributed by atoms with E-state index in [-0.39, 0.29) is 5.82 Å². The van der Waals surface area contributed by atoms with Gasteiger partial charge in [-0.15, -0.1) is 0 Å². The molecule has 0 saturated carbocycles. The van der Waals surface area contributed by atoms with Gasteiger partial charge in [0.1, 0.15) is 5.82 Å². The van der Waals surface area contributed by atoms with E-state index in [9.17, 15) is 4.39 Å². The maximum atomic E-state index is 12.9. The molecule has 0 aromatic heterocycles. The highest BCUT2D eigenvalue weighted by atomic mass is 19.1. The zero-order valence-electron chi connectivity index (χ0n) is 8.96. The molecule has 0 radical (unpaired) electrons. The molecule has 0 saturated heterocycles. The van der Waals surface area contributed by atoms with Gasteiger partial charge in [0, 0.05) is 13.0 Å². The third-order valence-electron chi connectivity index (χ3n) is 2.13. The predicted molar refractivity (Wildman–Crippen MR) is 55.7 cm³/mol. The Hall–Kier alpha value is -1.40. The topological polar surface area (TPSA) is 33.0 Å². The summed E-state index contributed by atoms with van der Waals surface area (Å²) in [5, 5.41) is 8.98. The van der Waals surface area contributed by atoms with E-state index in [1.54, 1.807) is 19.1 Å². The fraction of sp³-hybridized carbons (Fsp3) is 0.417. The molecule has 0 spiro atoms. The fourth-order valence-electron chi connectivity index (χ4n) is 1.48. The largest absolute Gasteiger partial charge is 0.360 e. The van der Waals surface area contributed by atoms with Crippen LogP contribution in [-0.4, -0.2) is 12.2 Å². The van der Waals surface area contributed by atoms with Crippen molar-refractivity contribution in [1.82, 2.24) is 0 Å². The molecule has 2 nitrogen and oxygen atoms in total. The Balaban J connectivity index is 2.80. The van der Waals surface area contributed by atoms with Gasteiger partial charge in [-0.1, -0.05) is 12.1 Å². The Morgan fingerprint density at radius 3 is 2.80 bits per heavy atom. The summed E-state index contributed by atoms with van der Waals surface area (Å²) in [5.74, 6) is -0.288. The summed E-state index contributed by atoms with van der Waals surface area (Å²) in [6, 6.07) is 8.33. The molecule has 80 valence electrons. The first kappa shape index (κ1) is 11.7. The average Bonchev–Trinajstić information content (AvgIpc) is 2.18. The third kappa shape index (κ3) is 3.34. The van der Waals surface area contributed by atoms with E-state index in [2.05, 4.69) is 6.07 Å². The number of benzene rings is 1. The minimum absolute atomic E-state index is 0.288. The van der Waals surface area contributed by atoms with E-state index in [0.717, 1.165) is 5.56 Å². The first-order valence-corrected chi connectivity index (χ1v) is 4.89. The molecule has 15 heavy (non-hydrogen) atoms.